The van der Waals surface area contributed by atoms with Crippen LogP contribution in [0.4, 0.5) is 13.2 Å². The van der Waals surface area contributed by atoms with Crippen LogP contribution in [0.25, 0.3) is 5.52 Å². The highest BCUT2D eigenvalue weighted by Gasteiger charge is 2.29. The van der Waals surface area contributed by atoms with Crippen LogP contribution in [0.5, 0.6) is 5.75 Å². The van der Waals surface area contributed by atoms with Gasteiger partial charge in [0.15, 0.2) is 5.82 Å². The predicted molar refractivity (Wildman–Crippen MR) is 112 cm³/mol. The fourth-order valence-corrected chi connectivity index (χ4v) is 2.89. The summed E-state index contributed by atoms with van der Waals surface area (Å²) >= 11 is 0. The normalized spacial score (nSPS) is 10.7. The Kier molecular flexibility index (Phi) is 5.39. The van der Waals surface area contributed by atoms with Crippen molar-refractivity contribution in [3.05, 3.63) is 101 Å². The van der Waals surface area contributed by atoms with Crippen LogP contribution >= 0.6 is 0 Å². The number of hydrogen-bond acceptors (Lipinski definition) is 2. The Morgan fingerprint density at radius 3 is 2.10 bits per heavy atom. The smallest absolute Gasteiger partial charge is 0.416 e. The lowest BCUT2D eigenvalue weighted by atomic mass is 10.1. The second kappa shape index (κ2) is 8.30. The van der Waals surface area contributed by atoms with Gasteiger partial charge in [-0.15, -0.1) is 0 Å². The van der Waals surface area contributed by atoms with Gasteiger partial charge in [0.1, 0.15) is 11.4 Å². The molecule has 0 aliphatic carbocycles. The topological polar surface area (TPSA) is 26.5 Å². The van der Waals surface area contributed by atoms with E-state index in [0.717, 1.165) is 29.0 Å². The summed E-state index contributed by atoms with van der Waals surface area (Å²) in [6, 6.07) is 17.7. The minimum atomic E-state index is -4.37. The summed E-state index contributed by atoms with van der Waals surface area (Å²) in [7, 11) is 1.60. The zero-order chi connectivity index (χ0) is 21.8. The quantitative estimate of drug-likeness (QED) is 0.401. The fraction of sp³-hybridized carbons (Fsp3) is 0.0800. The summed E-state index contributed by atoms with van der Waals surface area (Å²) in [6.45, 7) is 0. The Labute approximate surface area is 177 Å². The van der Waals surface area contributed by atoms with Crippen molar-refractivity contribution in [1.29, 1.82) is 0 Å². The van der Waals surface area contributed by atoms with Gasteiger partial charge < -0.3 is 4.74 Å². The van der Waals surface area contributed by atoms with Crippen LogP contribution in [0.2, 0.25) is 0 Å². The van der Waals surface area contributed by atoms with Crippen molar-refractivity contribution in [2.45, 2.75) is 6.18 Å². The number of aromatic nitrogens is 2. The largest absolute Gasteiger partial charge is 0.497 e. The van der Waals surface area contributed by atoms with Crippen LogP contribution in [0.1, 0.15) is 28.2 Å². The van der Waals surface area contributed by atoms with Gasteiger partial charge in [0.25, 0.3) is 0 Å². The summed E-state index contributed by atoms with van der Waals surface area (Å²) in [5.41, 5.74) is 1.93. The van der Waals surface area contributed by atoms with Gasteiger partial charge in [0.2, 0.25) is 0 Å². The molecule has 2 aromatic carbocycles. The molecule has 2 aromatic heterocycles. The first-order valence-electron chi connectivity index (χ1n) is 9.26. The second-order valence-corrected chi connectivity index (χ2v) is 6.54. The van der Waals surface area contributed by atoms with E-state index < -0.39 is 11.7 Å². The number of benzene rings is 2. The summed E-state index contributed by atoms with van der Waals surface area (Å²) < 4.78 is 45.1. The number of methoxy groups -OCH3 is 1. The highest BCUT2D eigenvalue weighted by molar-refractivity contribution is 5.63. The Bertz CT molecular complexity index is 1340. The Morgan fingerprint density at radius 2 is 1.45 bits per heavy atom. The summed E-state index contributed by atoms with van der Waals surface area (Å²) in [4.78, 5) is 4.52. The molecule has 0 aliphatic heterocycles. The molecule has 0 saturated heterocycles. The molecular weight excluding hydrogens is 401 g/mol. The van der Waals surface area contributed by atoms with E-state index in [1.807, 2.05) is 48.7 Å². The minimum absolute atomic E-state index is 0.453. The fourth-order valence-electron chi connectivity index (χ4n) is 2.89. The maximum absolute atomic E-state index is 12.7. The zero-order valence-corrected chi connectivity index (χ0v) is 16.4. The molecule has 4 rings (SSSR count). The first kappa shape index (κ1) is 20.1. The van der Waals surface area contributed by atoms with Crippen LogP contribution in [0.15, 0.2) is 72.9 Å². The molecule has 6 heteroatoms. The van der Waals surface area contributed by atoms with E-state index in [4.69, 9.17) is 4.74 Å². The lowest BCUT2D eigenvalue weighted by molar-refractivity contribution is -0.137. The zero-order valence-electron chi connectivity index (χ0n) is 16.4. The number of rotatable bonds is 1. The van der Waals surface area contributed by atoms with E-state index in [-0.39, 0.29) is 0 Å². The molecular formula is C25H15F3N2O. The van der Waals surface area contributed by atoms with Gasteiger partial charge in [-0.05, 0) is 72.5 Å². The van der Waals surface area contributed by atoms with E-state index in [1.165, 1.54) is 12.1 Å². The first-order chi connectivity index (χ1) is 14.9. The number of halogens is 3. The molecule has 0 atom stereocenters. The molecule has 0 bridgehead atoms. The highest BCUT2D eigenvalue weighted by Crippen LogP contribution is 2.29. The SMILES string of the molecule is COc1ccc(C#Cc2nc(C#Cc3ccc(C(F)(F)F)cc3)n3ccccc23)cc1. The predicted octanol–water partition coefficient (Wildman–Crippen LogP) is 5.16. The van der Waals surface area contributed by atoms with Crippen molar-refractivity contribution in [1.82, 2.24) is 9.38 Å². The standard InChI is InChI=1S/C25H15F3N2O/c1-31-21-13-7-19(8-14-21)9-15-22-23-4-2-3-17-30(23)24(29-22)16-10-18-5-11-20(12-6-18)25(26,27)28/h2-8,11-14,17H,1H3. The van der Waals surface area contributed by atoms with Crippen LogP contribution in [0, 0.1) is 23.7 Å². The van der Waals surface area contributed by atoms with Crippen LogP contribution in [-0.4, -0.2) is 16.5 Å². The molecule has 2 heterocycles. The average Bonchev–Trinajstić information content (AvgIpc) is 3.14. The molecule has 0 fully saturated rings. The average molecular weight is 416 g/mol. The maximum atomic E-state index is 12.7. The molecule has 0 N–H and O–H groups in total. The third-order valence-corrected chi connectivity index (χ3v) is 4.49. The van der Waals surface area contributed by atoms with E-state index >= 15 is 0 Å². The van der Waals surface area contributed by atoms with Crippen LogP contribution in [0.3, 0.4) is 0 Å². The molecule has 3 nitrogen and oxygen atoms in total. The number of alkyl halides is 3. The van der Waals surface area contributed by atoms with Crippen molar-refractivity contribution in [3.8, 4) is 29.4 Å². The molecule has 0 unspecified atom stereocenters. The van der Waals surface area contributed by atoms with Crippen molar-refractivity contribution in [2.75, 3.05) is 7.11 Å². The van der Waals surface area contributed by atoms with Gasteiger partial charge in [0.05, 0.1) is 18.2 Å². The molecule has 4 aromatic rings. The van der Waals surface area contributed by atoms with Crippen molar-refractivity contribution in [2.24, 2.45) is 0 Å². The monoisotopic (exact) mass is 416 g/mol. The van der Waals surface area contributed by atoms with E-state index in [1.54, 1.807) is 11.5 Å². The Morgan fingerprint density at radius 1 is 0.806 bits per heavy atom. The summed E-state index contributed by atoms with van der Waals surface area (Å²) in [6.07, 6.45) is -2.56. The molecule has 0 aliphatic rings. The number of nitrogens with zero attached hydrogens (tertiary/aromatic N) is 2. The molecule has 0 saturated carbocycles. The number of pyridine rings is 1. The number of imidazole rings is 1. The third kappa shape index (κ3) is 4.55. The van der Waals surface area contributed by atoms with Gasteiger partial charge in [-0.3, -0.25) is 4.40 Å². The summed E-state index contributed by atoms with van der Waals surface area (Å²) in [5.74, 6) is 13.1. The van der Waals surface area contributed by atoms with E-state index in [9.17, 15) is 13.2 Å². The first-order valence-corrected chi connectivity index (χ1v) is 9.26. The van der Waals surface area contributed by atoms with Gasteiger partial charge >= 0.3 is 6.18 Å². The summed E-state index contributed by atoms with van der Waals surface area (Å²) in [5, 5.41) is 0. The third-order valence-electron chi connectivity index (χ3n) is 4.49. The van der Waals surface area contributed by atoms with Crippen molar-refractivity contribution >= 4 is 5.52 Å². The second-order valence-electron chi connectivity index (χ2n) is 6.54. The van der Waals surface area contributed by atoms with Crippen LogP contribution < -0.4 is 4.74 Å². The molecule has 0 spiro atoms. The number of ether oxygens (including phenoxy) is 1. The van der Waals surface area contributed by atoms with E-state index in [2.05, 4.69) is 28.7 Å². The molecule has 152 valence electrons. The van der Waals surface area contributed by atoms with Gasteiger partial charge in [-0.2, -0.15) is 13.2 Å². The minimum Gasteiger partial charge on any atom is -0.497 e. The van der Waals surface area contributed by atoms with Crippen LogP contribution in [-0.2, 0) is 6.18 Å². The van der Waals surface area contributed by atoms with Gasteiger partial charge in [-0.25, -0.2) is 4.98 Å². The van der Waals surface area contributed by atoms with Crippen molar-refractivity contribution in [3.63, 3.8) is 0 Å². The van der Waals surface area contributed by atoms with Gasteiger partial charge in [-0.1, -0.05) is 17.9 Å². The van der Waals surface area contributed by atoms with Crippen molar-refractivity contribution < 1.29 is 17.9 Å². The number of fused-ring (bicyclic) bond motifs is 1. The Hall–Kier alpha value is -4.16. The highest BCUT2D eigenvalue weighted by atomic mass is 19.4. The molecule has 0 radical (unpaired) electrons. The lowest BCUT2D eigenvalue weighted by Crippen LogP contribution is -2.04. The Balaban J connectivity index is 1.66. The van der Waals surface area contributed by atoms with E-state index in [0.29, 0.717) is 17.1 Å². The van der Waals surface area contributed by atoms with Gasteiger partial charge in [0, 0.05) is 17.3 Å². The molecule has 0 amide bonds. The lowest BCUT2D eigenvalue weighted by Gasteiger charge is -2.05. The number of hydrogen-bond donors (Lipinski definition) is 0. The maximum Gasteiger partial charge on any atom is 0.416 e. The molecule has 31 heavy (non-hydrogen) atoms.